The molecule has 0 bridgehead atoms. The number of pyridine rings is 1. The lowest BCUT2D eigenvalue weighted by Gasteiger charge is -2.22. The van der Waals surface area contributed by atoms with Gasteiger partial charge in [-0.05, 0) is 99.1 Å². The molecule has 0 unspecified atom stereocenters. The lowest BCUT2D eigenvalue weighted by molar-refractivity contribution is 0.462. The molecular formula is C25H30N6. The van der Waals surface area contributed by atoms with Gasteiger partial charge in [0.15, 0.2) is 0 Å². The van der Waals surface area contributed by atoms with Gasteiger partial charge in [-0.25, -0.2) is 4.98 Å². The molecule has 0 aliphatic carbocycles. The van der Waals surface area contributed by atoms with E-state index >= 15 is 0 Å². The van der Waals surface area contributed by atoms with E-state index in [4.69, 9.17) is 4.98 Å². The summed E-state index contributed by atoms with van der Waals surface area (Å²) in [6.07, 6.45) is 9.18. The molecule has 2 saturated heterocycles. The Labute approximate surface area is 182 Å². The zero-order valence-electron chi connectivity index (χ0n) is 17.8. The van der Waals surface area contributed by atoms with Crippen LogP contribution in [0.15, 0.2) is 42.7 Å². The molecule has 2 aliphatic heterocycles. The SMILES string of the molecule is c1cc2c(C3CCNCC3)c[nH]c2cc1Nc1ccc2c(C3CCNCC3)c[nH]c2n1. The lowest BCUT2D eigenvalue weighted by atomic mass is 9.90. The highest BCUT2D eigenvalue weighted by molar-refractivity contribution is 5.88. The summed E-state index contributed by atoms with van der Waals surface area (Å²) in [6, 6.07) is 10.9. The minimum atomic E-state index is 0.625. The Morgan fingerprint density at radius 1 is 0.742 bits per heavy atom. The van der Waals surface area contributed by atoms with Crippen molar-refractivity contribution in [1.29, 1.82) is 0 Å². The van der Waals surface area contributed by atoms with Crippen LogP contribution in [0.3, 0.4) is 0 Å². The third kappa shape index (κ3) is 3.60. The minimum absolute atomic E-state index is 0.625. The fourth-order valence-electron chi connectivity index (χ4n) is 5.41. The highest BCUT2D eigenvalue weighted by Crippen LogP contribution is 2.34. The Morgan fingerprint density at radius 3 is 2.13 bits per heavy atom. The van der Waals surface area contributed by atoms with E-state index in [-0.39, 0.29) is 0 Å². The van der Waals surface area contributed by atoms with Crippen molar-refractivity contribution in [3.05, 3.63) is 53.9 Å². The number of nitrogens with one attached hydrogen (secondary N) is 5. The fraction of sp³-hybridized carbons (Fsp3) is 0.400. The maximum absolute atomic E-state index is 4.85. The summed E-state index contributed by atoms with van der Waals surface area (Å²) in [7, 11) is 0. The molecule has 6 nitrogen and oxygen atoms in total. The molecule has 6 rings (SSSR count). The lowest BCUT2D eigenvalue weighted by Crippen LogP contribution is -2.26. The highest BCUT2D eigenvalue weighted by Gasteiger charge is 2.20. The summed E-state index contributed by atoms with van der Waals surface area (Å²) in [5.74, 6) is 2.15. The van der Waals surface area contributed by atoms with Gasteiger partial charge >= 0.3 is 0 Å². The van der Waals surface area contributed by atoms with Crippen molar-refractivity contribution >= 4 is 33.4 Å². The van der Waals surface area contributed by atoms with E-state index in [2.05, 4.69) is 68.6 Å². The van der Waals surface area contributed by atoms with E-state index in [9.17, 15) is 0 Å². The first kappa shape index (κ1) is 18.9. The van der Waals surface area contributed by atoms with Crippen molar-refractivity contribution in [2.45, 2.75) is 37.5 Å². The molecule has 31 heavy (non-hydrogen) atoms. The van der Waals surface area contributed by atoms with Gasteiger partial charge in [0.2, 0.25) is 0 Å². The zero-order chi connectivity index (χ0) is 20.6. The fourth-order valence-corrected chi connectivity index (χ4v) is 5.41. The number of aromatic amines is 2. The van der Waals surface area contributed by atoms with Crippen molar-refractivity contribution in [2.24, 2.45) is 0 Å². The van der Waals surface area contributed by atoms with E-state index in [1.165, 1.54) is 53.1 Å². The molecule has 0 radical (unpaired) electrons. The number of anilines is 2. The molecule has 160 valence electrons. The first-order valence-electron chi connectivity index (χ1n) is 11.6. The summed E-state index contributed by atoms with van der Waals surface area (Å²) >= 11 is 0. The second-order valence-electron chi connectivity index (χ2n) is 9.01. The smallest absolute Gasteiger partial charge is 0.140 e. The third-order valence-corrected chi connectivity index (χ3v) is 7.11. The van der Waals surface area contributed by atoms with Crippen LogP contribution in [0.4, 0.5) is 11.5 Å². The Bertz CT molecular complexity index is 1100. The molecule has 5 heterocycles. The van der Waals surface area contributed by atoms with Crippen LogP contribution in [0, 0.1) is 0 Å². The average molecular weight is 415 g/mol. The number of hydrogen-bond donors (Lipinski definition) is 5. The van der Waals surface area contributed by atoms with Gasteiger partial charge in [-0.15, -0.1) is 0 Å². The van der Waals surface area contributed by atoms with Crippen molar-refractivity contribution in [3.8, 4) is 0 Å². The van der Waals surface area contributed by atoms with Crippen molar-refractivity contribution in [1.82, 2.24) is 25.6 Å². The molecule has 0 saturated carbocycles. The average Bonchev–Trinajstić information content (AvgIpc) is 3.44. The predicted octanol–water partition coefficient (Wildman–Crippen LogP) is 4.72. The summed E-state index contributed by atoms with van der Waals surface area (Å²) < 4.78 is 0. The van der Waals surface area contributed by atoms with Crippen LogP contribution in [-0.2, 0) is 0 Å². The number of benzene rings is 1. The van der Waals surface area contributed by atoms with Crippen LogP contribution >= 0.6 is 0 Å². The summed E-state index contributed by atoms with van der Waals surface area (Å²) in [6.45, 7) is 4.43. The monoisotopic (exact) mass is 414 g/mol. The van der Waals surface area contributed by atoms with Crippen LogP contribution in [0.25, 0.3) is 21.9 Å². The van der Waals surface area contributed by atoms with Gasteiger partial charge in [-0.3, -0.25) is 0 Å². The summed E-state index contributed by atoms with van der Waals surface area (Å²) in [5.41, 5.74) is 6.08. The van der Waals surface area contributed by atoms with Gasteiger partial charge in [-0.1, -0.05) is 6.07 Å². The second kappa shape index (κ2) is 8.02. The maximum Gasteiger partial charge on any atom is 0.140 e. The molecule has 4 aromatic rings. The molecule has 2 fully saturated rings. The van der Waals surface area contributed by atoms with E-state index < -0.39 is 0 Å². The van der Waals surface area contributed by atoms with Crippen molar-refractivity contribution < 1.29 is 0 Å². The second-order valence-corrected chi connectivity index (χ2v) is 9.01. The normalized spacial score (nSPS) is 18.7. The number of fused-ring (bicyclic) bond motifs is 2. The van der Waals surface area contributed by atoms with Crippen LogP contribution < -0.4 is 16.0 Å². The first-order chi connectivity index (χ1) is 15.3. The number of aromatic nitrogens is 3. The predicted molar refractivity (Wildman–Crippen MR) is 127 cm³/mol. The number of nitrogens with zero attached hydrogens (tertiary/aromatic N) is 1. The Morgan fingerprint density at radius 2 is 1.39 bits per heavy atom. The van der Waals surface area contributed by atoms with Gasteiger partial charge < -0.3 is 25.9 Å². The first-order valence-corrected chi connectivity index (χ1v) is 11.6. The molecular weight excluding hydrogens is 384 g/mol. The number of hydrogen-bond acceptors (Lipinski definition) is 4. The standard InChI is InChI=1S/C25H30N6/c1-2-19-21(16-5-9-26-10-6-16)14-28-23(19)13-18(1)30-24-4-3-20-22(15-29-25(20)31-24)17-7-11-27-12-8-17/h1-4,13-17,26-28H,5-12H2,(H2,29,30,31). The van der Waals surface area contributed by atoms with Gasteiger partial charge in [0.25, 0.3) is 0 Å². The molecule has 6 heteroatoms. The van der Waals surface area contributed by atoms with Gasteiger partial charge in [0.05, 0.1) is 0 Å². The topological polar surface area (TPSA) is 80.6 Å². The molecule has 3 aromatic heterocycles. The van der Waals surface area contributed by atoms with E-state index in [1.807, 2.05) is 0 Å². The van der Waals surface area contributed by atoms with Crippen LogP contribution in [0.1, 0.15) is 48.6 Å². The van der Waals surface area contributed by atoms with Gasteiger partial charge in [-0.2, -0.15) is 0 Å². The van der Waals surface area contributed by atoms with Crippen molar-refractivity contribution in [2.75, 3.05) is 31.5 Å². The Kier molecular flexibility index (Phi) is 4.89. The maximum atomic E-state index is 4.85. The van der Waals surface area contributed by atoms with Crippen LogP contribution in [0.2, 0.25) is 0 Å². The molecule has 5 N–H and O–H groups in total. The molecule has 0 spiro atoms. The number of rotatable bonds is 4. The summed E-state index contributed by atoms with van der Waals surface area (Å²) in [4.78, 5) is 11.7. The molecule has 0 amide bonds. The Hall–Kier alpha value is -2.83. The highest BCUT2D eigenvalue weighted by atomic mass is 15.0. The number of piperidine rings is 2. The number of H-pyrrole nitrogens is 2. The Balaban J connectivity index is 1.24. The van der Waals surface area contributed by atoms with E-state index in [0.29, 0.717) is 11.8 Å². The van der Waals surface area contributed by atoms with Crippen molar-refractivity contribution in [3.63, 3.8) is 0 Å². The minimum Gasteiger partial charge on any atom is -0.361 e. The van der Waals surface area contributed by atoms with Crippen LogP contribution in [-0.4, -0.2) is 41.1 Å². The zero-order valence-corrected chi connectivity index (χ0v) is 17.8. The quantitative estimate of drug-likeness (QED) is 0.335. The van der Waals surface area contributed by atoms with Gasteiger partial charge in [0, 0.05) is 34.4 Å². The van der Waals surface area contributed by atoms with E-state index in [1.54, 1.807) is 0 Å². The van der Waals surface area contributed by atoms with Gasteiger partial charge in [0.1, 0.15) is 11.5 Å². The largest absolute Gasteiger partial charge is 0.361 e. The summed E-state index contributed by atoms with van der Waals surface area (Å²) in [5, 5.41) is 13.0. The van der Waals surface area contributed by atoms with E-state index in [0.717, 1.165) is 43.3 Å². The molecule has 0 atom stereocenters. The molecule has 2 aliphatic rings. The molecule has 1 aromatic carbocycles. The third-order valence-electron chi connectivity index (χ3n) is 7.11. The van der Waals surface area contributed by atoms with Crippen LogP contribution in [0.5, 0.6) is 0 Å².